The highest BCUT2D eigenvalue weighted by Gasteiger charge is 2.17. The molecule has 22 heavy (non-hydrogen) atoms. The summed E-state index contributed by atoms with van der Waals surface area (Å²) < 4.78 is 5.16. The van der Waals surface area contributed by atoms with E-state index in [4.69, 9.17) is 16.0 Å². The van der Waals surface area contributed by atoms with E-state index < -0.39 is 5.63 Å². The molecule has 6 heteroatoms. The number of nitrogens with zero attached hydrogens (tertiary/aromatic N) is 2. The van der Waals surface area contributed by atoms with E-state index in [1.54, 1.807) is 6.07 Å². The topological polar surface area (TPSA) is 56.9 Å². The van der Waals surface area contributed by atoms with Gasteiger partial charge in [-0.25, -0.2) is 4.79 Å². The van der Waals surface area contributed by atoms with Crippen LogP contribution in [0.25, 0.3) is 11.0 Å². The number of hydrogen-bond donors (Lipinski definition) is 1. The summed E-state index contributed by atoms with van der Waals surface area (Å²) in [6.45, 7) is 7.94. The normalized spacial score (nSPS) is 17.2. The molecule has 1 aromatic carbocycles. The lowest BCUT2D eigenvalue weighted by Gasteiger charge is -2.34. The molecule has 0 amide bonds. The number of halogens is 1. The molecule has 5 nitrogen and oxygen atoms in total. The van der Waals surface area contributed by atoms with Gasteiger partial charge in [-0.15, -0.1) is 0 Å². The summed E-state index contributed by atoms with van der Waals surface area (Å²) in [4.78, 5) is 16.5. The zero-order chi connectivity index (χ0) is 15.7. The van der Waals surface area contributed by atoms with Gasteiger partial charge in [-0.1, -0.05) is 18.5 Å². The van der Waals surface area contributed by atoms with Gasteiger partial charge in [0.15, 0.2) is 0 Å². The van der Waals surface area contributed by atoms with Crippen LogP contribution in [0.1, 0.15) is 12.5 Å². The van der Waals surface area contributed by atoms with E-state index in [0.717, 1.165) is 43.7 Å². The van der Waals surface area contributed by atoms with E-state index >= 15 is 0 Å². The Morgan fingerprint density at radius 1 is 1.18 bits per heavy atom. The second-order valence-corrected chi connectivity index (χ2v) is 6.01. The quantitative estimate of drug-likeness (QED) is 0.879. The number of piperazine rings is 1. The lowest BCUT2D eigenvalue weighted by molar-refractivity contribution is 0.132. The van der Waals surface area contributed by atoms with Gasteiger partial charge < -0.3 is 14.4 Å². The van der Waals surface area contributed by atoms with Crippen LogP contribution in [0.2, 0.25) is 5.02 Å². The molecular weight excluding hydrogens is 304 g/mol. The SMILES string of the molecule is CCN1CCN(Cc2cc(=O)oc3cc(O)c(Cl)cc23)CC1. The molecule has 0 aliphatic carbocycles. The monoisotopic (exact) mass is 322 g/mol. The van der Waals surface area contributed by atoms with Crippen LogP contribution >= 0.6 is 11.6 Å². The number of benzene rings is 1. The maximum atomic E-state index is 11.7. The molecule has 2 heterocycles. The van der Waals surface area contributed by atoms with Crippen molar-refractivity contribution in [2.24, 2.45) is 0 Å². The van der Waals surface area contributed by atoms with Gasteiger partial charge in [0.25, 0.3) is 0 Å². The number of phenols is 1. The molecule has 1 aromatic heterocycles. The smallest absolute Gasteiger partial charge is 0.336 e. The van der Waals surface area contributed by atoms with E-state index in [9.17, 15) is 9.90 Å². The van der Waals surface area contributed by atoms with Crippen molar-refractivity contribution in [1.82, 2.24) is 9.80 Å². The van der Waals surface area contributed by atoms with Crippen LogP contribution in [-0.4, -0.2) is 47.6 Å². The van der Waals surface area contributed by atoms with Gasteiger partial charge in [-0.05, 0) is 18.2 Å². The summed E-state index contributed by atoms with van der Waals surface area (Å²) in [5.74, 6) is -0.0778. The minimum Gasteiger partial charge on any atom is -0.506 e. The first kappa shape index (κ1) is 15.3. The second kappa shape index (κ2) is 6.28. The maximum Gasteiger partial charge on any atom is 0.336 e. The fourth-order valence-corrected chi connectivity index (χ4v) is 3.03. The first-order valence-corrected chi connectivity index (χ1v) is 7.84. The van der Waals surface area contributed by atoms with Gasteiger partial charge in [-0.3, -0.25) is 4.90 Å². The first-order chi connectivity index (χ1) is 10.6. The average Bonchev–Trinajstić information content (AvgIpc) is 2.50. The standard InChI is InChI=1S/C16H19ClN2O3/c1-2-18-3-5-19(6-4-18)10-11-7-16(21)22-15-9-14(20)13(17)8-12(11)15/h7-9,20H,2-6,10H2,1H3. The number of rotatable bonds is 3. The average molecular weight is 323 g/mol. The van der Waals surface area contributed by atoms with Crippen LogP contribution in [0.4, 0.5) is 0 Å². The number of fused-ring (bicyclic) bond motifs is 1. The van der Waals surface area contributed by atoms with Crippen molar-refractivity contribution in [2.45, 2.75) is 13.5 Å². The van der Waals surface area contributed by atoms with Crippen LogP contribution in [0.3, 0.4) is 0 Å². The summed E-state index contributed by atoms with van der Waals surface area (Å²) >= 11 is 5.99. The minimum absolute atomic E-state index is 0.0778. The fraction of sp³-hybridized carbons (Fsp3) is 0.438. The number of phenolic OH excluding ortho intramolecular Hbond substituents is 1. The van der Waals surface area contributed by atoms with Gasteiger partial charge >= 0.3 is 5.63 Å². The second-order valence-electron chi connectivity index (χ2n) is 5.60. The highest BCUT2D eigenvalue weighted by molar-refractivity contribution is 6.32. The number of aromatic hydroxyl groups is 1. The molecule has 0 saturated carbocycles. The Labute approximate surface area is 133 Å². The van der Waals surface area contributed by atoms with E-state index in [2.05, 4.69) is 16.7 Å². The Balaban J connectivity index is 1.90. The van der Waals surface area contributed by atoms with Crippen molar-refractivity contribution in [2.75, 3.05) is 32.7 Å². The summed E-state index contributed by atoms with van der Waals surface area (Å²) in [6, 6.07) is 4.58. The number of likely N-dealkylation sites (N-methyl/N-ethyl adjacent to an activating group) is 1. The third kappa shape index (κ3) is 3.11. The molecule has 1 fully saturated rings. The molecule has 1 aliphatic heterocycles. The lowest BCUT2D eigenvalue weighted by atomic mass is 10.1. The molecule has 3 rings (SSSR count). The predicted molar refractivity (Wildman–Crippen MR) is 86.5 cm³/mol. The van der Waals surface area contributed by atoms with Gasteiger partial charge in [0.2, 0.25) is 0 Å². The molecule has 1 N–H and O–H groups in total. The van der Waals surface area contributed by atoms with Crippen molar-refractivity contribution in [1.29, 1.82) is 0 Å². The molecule has 0 unspecified atom stereocenters. The molecule has 0 spiro atoms. The predicted octanol–water partition coefficient (Wildman–Crippen LogP) is 2.29. The molecule has 0 bridgehead atoms. The molecular formula is C16H19ClN2O3. The van der Waals surface area contributed by atoms with Crippen LogP contribution < -0.4 is 5.63 Å². The Bertz CT molecular complexity index is 736. The molecule has 1 aliphatic rings. The van der Waals surface area contributed by atoms with Crippen LogP contribution in [0.15, 0.2) is 27.4 Å². The lowest BCUT2D eigenvalue weighted by Crippen LogP contribution is -2.45. The Morgan fingerprint density at radius 2 is 1.86 bits per heavy atom. The molecule has 2 aromatic rings. The molecule has 0 atom stereocenters. The fourth-order valence-electron chi connectivity index (χ4n) is 2.87. The summed E-state index contributed by atoms with van der Waals surface area (Å²) in [5.41, 5.74) is 0.853. The molecule has 118 valence electrons. The van der Waals surface area contributed by atoms with E-state index in [-0.39, 0.29) is 10.8 Å². The van der Waals surface area contributed by atoms with Crippen molar-refractivity contribution in [3.8, 4) is 5.75 Å². The van der Waals surface area contributed by atoms with Crippen LogP contribution in [0.5, 0.6) is 5.75 Å². The van der Waals surface area contributed by atoms with E-state index in [1.807, 2.05) is 0 Å². The molecule has 0 radical (unpaired) electrons. The third-order valence-corrected chi connectivity index (χ3v) is 4.51. The Hall–Kier alpha value is -1.56. The zero-order valence-corrected chi connectivity index (χ0v) is 13.3. The molecule has 1 saturated heterocycles. The van der Waals surface area contributed by atoms with Crippen molar-refractivity contribution >= 4 is 22.6 Å². The Kier molecular flexibility index (Phi) is 4.38. The minimum atomic E-state index is -0.406. The van der Waals surface area contributed by atoms with Gasteiger partial charge in [0.1, 0.15) is 11.3 Å². The summed E-state index contributed by atoms with van der Waals surface area (Å²) in [7, 11) is 0. The van der Waals surface area contributed by atoms with E-state index in [0.29, 0.717) is 12.1 Å². The van der Waals surface area contributed by atoms with Gasteiger partial charge in [-0.2, -0.15) is 0 Å². The maximum absolute atomic E-state index is 11.7. The van der Waals surface area contributed by atoms with Crippen molar-refractivity contribution < 1.29 is 9.52 Å². The zero-order valence-electron chi connectivity index (χ0n) is 12.5. The van der Waals surface area contributed by atoms with Crippen molar-refractivity contribution in [3.05, 3.63) is 39.2 Å². The van der Waals surface area contributed by atoms with Gasteiger partial charge in [0.05, 0.1) is 5.02 Å². The first-order valence-electron chi connectivity index (χ1n) is 7.47. The highest BCUT2D eigenvalue weighted by atomic mass is 35.5. The van der Waals surface area contributed by atoms with Crippen molar-refractivity contribution in [3.63, 3.8) is 0 Å². The summed E-state index contributed by atoms with van der Waals surface area (Å²) in [5, 5.41) is 10.7. The van der Waals surface area contributed by atoms with Crippen LogP contribution in [0, 0.1) is 0 Å². The largest absolute Gasteiger partial charge is 0.506 e. The van der Waals surface area contributed by atoms with E-state index in [1.165, 1.54) is 12.1 Å². The summed E-state index contributed by atoms with van der Waals surface area (Å²) in [6.07, 6.45) is 0. The van der Waals surface area contributed by atoms with Gasteiger partial charge in [0, 0.05) is 50.2 Å². The number of hydrogen-bond acceptors (Lipinski definition) is 5. The van der Waals surface area contributed by atoms with Crippen LogP contribution in [-0.2, 0) is 6.54 Å². The third-order valence-electron chi connectivity index (χ3n) is 4.20. The Morgan fingerprint density at radius 3 is 2.55 bits per heavy atom. The highest BCUT2D eigenvalue weighted by Crippen LogP contribution is 2.30.